The number of fused-ring (bicyclic) bond motifs is 6. The summed E-state index contributed by atoms with van der Waals surface area (Å²) in [5.74, 6) is 4.22. The molecule has 4 aliphatic rings. The van der Waals surface area contributed by atoms with Crippen LogP contribution >= 0.6 is 0 Å². The Labute approximate surface area is 475 Å². The summed E-state index contributed by atoms with van der Waals surface area (Å²) in [6.45, 7) is 15.4. The normalized spacial score (nSPS) is 21.6. The van der Waals surface area contributed by atoms with E-state index >= 15 is 0 Å². The van der Waals surface area contributed by atoms with E-state index in [2.05, 4.69) is 71.0 Å². The Morgan fingerprint density at radius 2 is 1.78 bits per heavy atom. The fraction of sp³-hybridized carbons (Fsp3) is 0.492. The molecule has 3 saturated heterocycles. The van der Waals surface area contributed by atoms with Gasteiger partial charge in [0.25, 0.3) is 11.8 Å². The van der Waals surface area contributed by atoms with Crippen LogP contribution in [0.15, 0.2) is 72.9 Å². The molecule has 4 amide bonds. The van der Waals surface area contributed by atoms with Crippen LogP contribution in [0.4, 0.5) is 5.69 Å². The van der Waals surface area contributed by atoms with Gasteiger partial charge in [-0.1, -0.05) is 63.8 Å². The summed E-state index contributed by atoms with van der Waals surface area (Å²) in [6.07, 6.45) is 3.37. The van der Waals surface area contributed by atoms with Crippen molar-refractivity contribution in [2.75, 3.05) is 72.9 Å². The number of carbonyl (C=O) groups is 5. The number of aromatic hydroxyl groups is 1. The number of esters is 1. The fourth-order valence-electron chi connectivity index (χ4n) is 12.1. The van der Waals surface area contributed by atoms with Gasteiger partial charge in [-0.15, -0.1) is 0 Å². The monoisotopic (exact) mass is 1110 g/mol. The summed E-state index contributed by atoms with van der Waals surface area (Å²) >= 11 is 0. The van der Waals surface area contributed by atoms with Gasteiger partial charge in [0.15, 0.2) is 0 Å². The lowest BCUT2D eigenvalue weighted by atomic mass is 9.84. The number of likely N-dealkylation sites (N-methyl/N-ethyl adjacent to an activating group) is 2. The molecule has 430 valence electrons. The number of aryl methyl sites for hydroxylation is 1. The number of pyridine rings is 1. The number of ether oxygens (including phenoxy) is 3. The number of anilines is 1. The Morgan fingerprint density at radius 1 is 1.00 bits per heavy atom. The van der Waals surface area contributed by atoms with Gasteiger partial charge >= 0.3 is 5.97 Å². The van der Waals surface area contributed by atoms with Gasteiger partial charge in [0.05, 0.1) is 37.2 Å². The predicted octanol–water partition coefficient (Wildman–Crippen LogP) is 6.61. The van der Waals surface area contributed by atoms with Crippen molar-refractivity contribution in [1.29, 1.82) is 0 Å². The molecule has 3 aromatic carbocycles. The highest BCUT2D eigenvalue weighted by atomic mass is 16.5. The number of phenolic OH excluding ortho intramolecular Hbond substituents is 1. The minimum atomic E-state index is -1.20. The van der Waals surface area contributed by atoms with E-state index in [9.17, 15) is 29.1 Å². The maximum Gasteiger partial charge on any atom is 0.324 e. The van der Waals surface area contributed by atoms with Gasteiger partial charge in [-0.2, -0.15) is 0 Å². The van der Waals surface area contributed by atoms with Crippen LogP contribution in [0.2, 0.25) is 0 Å². The number of carbonyl (C=O) groups excluding carboxylic acids is 5. The molecular weight excluding hydrogens is 1030 g/mol. The van der Waals surface area contributed by atoms with Gasteiger partial charge in [-0.25, -0.2) is 5.43 Å². The molecule has 4 aliphatic heterocycles. The molecule has 9 rings (SSSR count). The number of aromatic nitrogens is 2. The second-order valence-corrected chi connectivity index (χ2v) is 23.4. The number of benzene rings is 3. The largest absolute Gasteiger partial charge is 0.508 e. The molecule has 0 saturated carbocycles. The Hall–Kier alpha value is -7.30. The van der Waals surface area contributed by atoms with E-state index in [1.165, 1.54) is 9.91 Å². The summed E-state index contributed by atoms with van der Waals surface area (Å²) in [7, 11) is 5.09. The third-order valence-electron chi connectivity index (χ3n) is 16.4. The molecule has 6 atom stereocenters. The molecule has 6 unspecified atom stereocenters. The second kappa shape index (κ2) is 24.8. The number of nitrogens with one attached hydrogen (secondary N) is 2. The zero-order valence-electron chi connectivity index (χ0n) is 48.3. The molecule has 6 heterocycles. The van der Waals surface area contributed by atoms with Crippen molar-refractivity contribution in [1.82, 2.24) is 40.0 Å². The molecular formula is C63H79N9O9. The minimum Gasteiger partial charge on any atom is -0.508 e. The lowest BCUT2D eigenvalue weighted by molar-refractivity contribution is -0.155. The summed E-state index contributed by atoms with van der Waals surface area (Å²) in [4.78, 5) is 81.4. The number of amides is 4. The third-order valence-corrected chi connectivity index (χ3v) is 16.4. The third kappa shape index (κ3) is 12.9. The lowest BCUT2D eigenvalue weighted by Gasteiger charge is -2.37. The fourth-order valence-corrected chi connectivity index (χ4v) is 12.1. The number of phenols is 1. The molecule has 5 N–H and O–H groups in total. The predicted molar refractivity (Wildman–Crippen MR) is 310 cm³/mol. The van der Waals surface area contributed by atoms with Crippen LogP contribution in [0, 0.1) is 23.2 Å². The highest BCUT2D eigenvalue weighted by Gasteiger charge is 2.42. The Morgan fingerprint density at radius 3 is 2.52 bits per heavy atom. The van der Waals surface area contributed by atoms with Crippen LogP contribution < -0.4 is 16.5 Å². The van der Waals surface area contributed by atoms with Crippen molar-refractivity contribution in [2.45, 2.75) is 123 Å². The number of cyclic esters (lactones) is 1. The summed E-state index contributed by atoms with van der Waals surface area (Å²) in [6, 6.07) is 17.8. The SMILES string of the molecule is CCn1c(-c2cc(C#CCN3CCCN(C)C(=O)C3)cnc2C(C)OC)c2c3cc(ccc31)-c1cc(O)cc(c1)CC(NC(=O)C(C(C)C)N(C)C(=O)C1OCCC1c1ccc(N)cc1)C(=O)N1CCCC(N1)C(=O)OCC(C)(C)C2. The Bertz CT molecular complexity index is 3230. The number of hydrogen-bond acceptors (Lipinski definition) is 13. The van der Waals surface area contributed by atoms with Crippen LogP contribution in [0.1, 0.15) is 107 Å². The van der Waals surface area contributed by atoms with Crippen LogP contribution in [0.25, 0.3) is 33.3 Å². The number of nitrogen functional groups attached to an aromatic ring is 1. The first-order chi connectivity index (χ1) is 38.7. The van der Waals surface area contributed by atoms with E-state index in [1.807, 2.05) is 52.1 Å². The topological polar surface area (TPSA) is 214 Å². The number of hydrogen-bond donors (Lipinski definition) is 4. The van der Waals surface area contributed by atoms with Gasteiger partial charge in [-0.3, -0.25) is 38.9 Å². The quantitative estimate of drug-likeness (QED) is 0.0624. The molecule has 18 heteroatoms. The molecule has 0 aliphatic carbocycles. The van der Waals surface area contributed by atoms with Gasteiger partial charge < -0.3 is 44.7 Å². The van der Waals surface area contributed by atoms with Gasteiger partial charge in [0.2, 0.25) is 11.8 Å². The van der Waals surface area contributed by atoms with Gasteiger partial charge in [0, 0.05) is 106 Å². The molecule has 6 bridgehead atoms. The van der Waals surface area contributed by atoms with Crippen molar-refractivity contribution in [3.63, 3.8) is 0 Å². The number of rotatable bonds is 11. The highest BCUT2D eigenvalue weighted by molar-refractivity contribution is 5.96. The minimum absolute atomic E-state index is 0.0313. The molecule has 0 spiro atoms. The standard InChI is InChI=1S/C63H79N9O9/c1-10-71-53-21-18-43-33-48(53)50(57(71)49-30-40(35-65-55(49)39(4)79-9)14-11-24-70-25-13-23-68(7)54(74)36-70)34-63(5,6)37-81-62(78)51-15-12-26-72(67-51)60(76)52(31-41-28-44(43)32-46(73)29-41)66-59(75)56(38(2)3)69(8)61(77)58-47(22-27-80-58)42-16-19-45(64)20-17-42/h16-21,28-30,32-33,35,38-39,47,51-52,56,58,67,73H,10,12-13,15,22-27,31,34,36-37,64H2,1-9H3,(H,66,75). The Kier molecular flexibility index (Phi) is 17.9. The molecule has 2 aromatic heterocycles. The van der Waals surface area contributed by atoms with Crippen LogP contribution in [-0.2, 0) is 57.6 Å². The first kappa shape index (κ1) is 58.4. The van der Waals surface area contributed by atoms with Crippen LogP contribution in [-0.4, -0.2) is 155 Å². The number of hydrazine groups is 1. The highest BCUT2D eigenvalue weighted by Crippen LogP contribution is 2.43. The molecule has 0 radical (unpaired) electrons. The summed E-state index contributed by atoms with van der Waals surface area (Å²) in [5.41, 5.74) is 17.3. The maximum absolute atomic E-state index is 15.0. The van der Waals surface area contributed by atoms with E-state index in [1.54, 1.807) is 49.5 Å². The van der Waals surface area contributed by atoms with Crippen molar-refractivity contribution in [3.05, 3.63) is 101 Å². The Balaban J connectivity index is 1.10. The molecule has 81 heavy (non-hydrogen) atoms. The average molecular weight is 1110 g/mol. The number of nitrogens with two attached hydrogens (primary N) is 1. The van der Waals surface area contributed by atoms with Crippen molar-refractivity contribution >= 4 is 46.2 Å². The van der Waals surface area contributed by atoms with E-state index < -0.39 is 53.5 Å². The van der Waals surface area contributed by atoms with E-state index in [-0.39, 0.29) is 49.0 Å². The van der Waals surface area contributed by atoms with Crippen molar-refractivity contribution < 1.29 is 43.3 Å². The molecule has 18 nitrogen and oxygen atoms in total. The first-order valence-corrected chi connectivity index (χ1v) is 28.5. The average Bonchev–Trinajstić information content (AvgIpc) is 4.08. The van der Waals surface area contributed by atoms with Crippen LogP contribution in [0.5, 0.6) is 5.75 Å². The molecule has 3 fully saturated rings. The van der Waals surface area contributed by atoms with E-state index in [4.69, 9.17) is 24.9 Å². The van der Waals surface area contributed by atoms with Crippen molar-refractivity contribution in [2.24, 2.45) is 11.3 Å². The second-order valence-electron chi connectivity index (χ2n) is 23.4. The number of methoxy groups -OCH3 is 1. The smallest absolute Gasteiger partial charge is 0.324 e. The van der Waals surface area contributed by atoms with E-state index in [0.717, 1.165) is 57.5 Å². The number of nitrogens with zero attached hydrogens (tertiary/aromatic N) is 6. The van der Waals surface area contributed by atoms with Gasteiger partial charge in [-0.05, 0) is 122 Å². The van der Waals surface area contributed by atoms with E-state index in [0.29, 0.717) is 80.8 Å². The lowest BCUT2D eigenvalue weighted by Crippen LogP contribution is -2.62. The van der Waals surface area contributed by atoms with Gasteiger partial charge in [0.1, 0.15) is 30.0 Å². The molecule has 5 aromatic rings. The maximum atomic E-state index is 15.0. The van der Waals surface area contributed by atoms with Crippen LogP contribution in [0.3, 0.4) is 0 Å². The van der Waals surface area contributed by atoms with Crippen molar-refractivity contribution in [3.8, 4) is 40.0 Å². The summed E-state index contributed by atoms with van der Waals surface area (Å²) < 4.78 is 20.5. The zero-order chi connectivity index (χ0) is 57.9. The first-order valence-electron chi connectivity index (χ1n) is 28.5. The zero-order valence-corrected chi connectivity index (χ0v) is 48.3. The summed E-state index contributed by atoms with van der Waals surface area (Å²) in [5, 5.41) is 16.9.